The fraction of sp³-hybridized carbons (Fsp3) is 0.154. The van der Waals surface area contributed by atoms with Crippen molar-refractivity contribution < 1.29 is 14.7 Å². The van der Waals surface area contributed by atoms with Crippen molar-refractivity contribution in [2.45, 2.75) is 13.8 Å². The van der Waals surface area contributed by atoms with Crippen LogP contribution in [0, 0.1) is 13.8 Å². The van der Waals surface area contributed by atoms with E-state index in [1.807, 2.05) is 0 Å². The third kappa shape index (κ3) is 2.77. The quantitative estimate of drug-likeness (QED) is 0.804. The third-order valence-corrected chi connectivity index (χ3v) is 3.73. The number of nitrogen functional groups attached to an aromatic ring is 1. The molecule has 0 atom stereocenters. The van der Waals surface area contributed by atoms with E-state index in [-0.39, 0.29) is 11.5 Å². The van der Waals surface area contributed by atoms with Crippen molar-refractivity contribution in [3.8, 4) is 0 Å². The molecular weight excluding hydrogens is 278 g/mol. The lowest BCUT2D eigenvalue weighted by atomic mass is 10.1. The summed E-state index contributed by atoms with van der Waals surface area (Å²) in [6.45, 7) is 3.39. The first-order valence-corrected chi connectivity index (χ1v) is 6.58. The van der Waals surface area contributed by atoms with Crippen LogP contribution in [0.3, 0.4) is 0 Å². The number of thiazole rings is 1. The summed E-state index contributed by atoms with van der Waals surface area (Å²) in [7, 11) is 0. The minimum absolute atomic E-state index is 0.156. The number of hydrogen-bond donors (Lipinski definition) is 3. The van der Waals surface area contributed by atoms with E-state index < -0.39 is 5.97 Å². The molecule has 1 aromatic carbocycles. The lowest BCUT2D eigenvalue weighted by Crippen LogP contribution is -2.12. The van der Waals surface area contributed by atoms with E-state index in [1.54, 1.807) is 26.0 Å². The molecule has 4 N–H and O–H groups in total. The summed E-state index contributed by atoms with van der Waals surface area (Å²) in [5.74, 6) is -1.38. The molecule has 2 rings (SSSR count). The molecule has 1 heterocycles. The molecule has 0 saturated heterocycles. The maximum absolute atomic E-state index is 12.1. The molecule has 0 spiro atoms. The van der Waals surface area contributed by atoms with E-state index in [0.29, 0.717) is 27.0 Å². The van der Waals surface area contributed by atoms with E-state index in [2.05, 4.69) is 10.3 Å². The number of rotatable bonds is 3. The Hall–Kier alpha value is -2.41. The summed E-state index contributed by atoms with van der Waals surface area (Å²) in [6, 6.07) is 4.72. The SMILES string of the molecule is Cc1ccc(NC(=O)c2sc(N)nc2C)cc1C(=O)O. The molecule has 7 heteroatoms. The Morgan fingerprint density at radius 1 is 1.35 bits per heavy atom. The number of carboxylic acids is 1. The van der Waals surface area contributed by atoms with Crippen LogP contribution in [-0.4, -0.2) is 22.0 Å². The second-order valence-electron chi connectivity index (χ2n) is 4.26. The van der Waals surface area contributed by atoms with Crippen LogP contribution in [0.1, 0.15) is 31.3 Å². The lowest BCUT2D eigenvalue weighted by Gasteiger charge is -2.07. The summed E-state index contributed by atoms with van der Waals surface area (Å²) in [5.41, 5.74) is 7.31. The van der Waals surface area contributed by atoms with Crippen LogP contribution in [0.15, 0.2) is 18.2 Å². The number of hydrogen-bond acceptors (Lipinski definition) is 5. The van der Waals surface area contributed by atoms with Crippen molar-refractivity contribution in [2.24, 2.45) is 0 Å². The first-order chi connectivity index (χ1) is 9.38. The predicted molar refractivity (Wildman–Crippen MR) is 77.4 cm³/mol. The van der Waals surface area contributed by atoms with Crippen molar-refractivity contribution >= 4 is 34.0 Å². The molecule has 0 radical (unpaired) electrons. The fourth-order valence-corrected chi connectivity index (χ4v) is 2.47. The summed E-state index contributed by atoms with van der Waals surface area (Å²) >= 11 is 1.09. The summed E-state index contributed by atoms with van der Waals surface area (Å²) in [6.07, 6.45) is 0. The molecule has 0 aliphatic rings. The molecule has 0 unspecified atom stereocenters. The zero-order valence-electron chi connectivity index (χ0n) is 10.9. The van der Waals surface area contributed by atoms with Gasteiger partial charge in [0.1, 0.15) is 4.88 Å². The van der Waals surface area contributed by atoms with Gasteiger partial charge in [0, 0.05) is 5.69 Å². The smallest absolute Gasteiger partial charge is 0.336 e. The van der Waals surface area contributed by atoms with E-state index >= 15 is 0 Å². The summed E-state index contributed by atoms with van der Waals surface area (Å²) in [5, 5.41) is 12.0. The Labute approximate surface area is 119 Å². The maximum atomic E-state index is 12.1. The molecule has 2 aromatic rings. The van der Waals surface area contributed by atoms with Gasteiger partial charge in [0.25, 0.3) is 5.91 Å². The minimum atomic E-state index is -1.03. The molecule has 0 fully saturated rings. The molecule has 1 aromatic heterocycles. The number of carboxylic acid groups (broad SMARTS) is 1. The largest absolute Gasteiger partial charge is 0.478 e. The van der Waals surface area contributed by atoms with Crippen molar-refractivity contribution in [1.82, 2.24) is 4.98 Å². The van der Waals surface area contributed by atoms with Gasteiger partial charge in [-0.15, -0.1) is 0 Å². The predicted octanol–water partition coefficient (Wildman–Crippen LogP) is 2.29. The average Bonchev–Trinajstić information content (AvgIpc) is 2.70. The van der Waals surface area contributed by atoms with Crippen LogP contribution in [-0.2, 0) is 0 Å². The Balaban J connectivity index is 2.26. The van der Waals surface area contributed by atoms with Crippen molar-refractivity contribution in [1.29, 1.82) is 0 Å². The highest BCUT2D eigenvalue weighted by molar-refractivity contribution is 7.17. The second-order valence-corrected chi connectivity index (χ2v) is 5.29. The lowest BCUT2D eigenvalue weighted by molar-refractivity contribution is 0.0695. The Morgan fingerprint density at radius 2 is 2.05 bits per heavy atom. The summed E-state index contributed by atoms with van der Waals surface area (Å²) in [4.78, 5) is 27.5. The van der Waals surface area contributed by atoms with Crippen molar-refractivity contribution in [2.75, 3.05) is 11.1 Å². The first-order valence-electron chi connectivity index (χ1n) is 5.76. The van der Waals surface area contributed by atoms with Gasteiger partial charge in [-0.1, -0.05) is 17.4 Å². The van der Waals surface area contributed by atoms with E-state index in [9.17, 15) is 9.59 Å². The fourth-order valence-electron chi connectivity index (χ4n) is 1.75. The average molecular weight is 291 g/mol. The molecule has 0 aliphatic carbocycles. The van der Waals surface area contributed by atoms with Crippen LogP contribution in [0.25, 0.3) is 0 Å². The molecular formula is C13H13N3O3S. The molecule has 0 bridgehead atoms. The topological polar surface area (TPSA) is 105 Å². The van der Waals surface area contributed by atoms with Crippen LogP contribution in [0.5, 0.6) is 0 Å². The number of aromatic carboxylic acids is 1. The third-order valence-electron chi connectivity index (χ3n) is 2.75. The van der Waals surface area contributed by atoms with Crippen LogP contribution >= 0.6 is 11.3 Å². The first kappa shape index (κ1) is 14.0. The van der Waals surface area contributed by atoms with Crippen LogP contribution in [0.2, 0.25) is 0 Å². The number of nitrogens with zero attached hydrogens (tertiary/aromatic N) is 1. The van der Waals surface area contributed by atoms with Gasteiger partial charge in [0.15, 0.2) is 5.13 Å². The molecule has 0 saturated carbocycles. The number of nitrogens with one attached hydrogen (secondary N) is 1. The van der Waals surface area contributed by atoms with Gasteiger partial charge in [-0.05, 0) is 31.5 Å². The standard InChI is InChI=1S/C13H13N3O3S/c1-6-3-4-8(5-9(6)12(18)19)16-11(17)10-7(2)15-13(14)20-10/h3-5H,1-2H3,(H2,14,15)(H,16,17)(H,18,19). The van der Waals surface area contributed by atoms with Crippen LogP contribution in [0.4, 0.5) is 10.8 Å². The number of amides is 1. The number of benzene rings is 1. The van der Waals surface area contributed by atoms with Gasteiger partial charge >= 0.3 is 5.97 Å². The molecule has 20 heavy (non-hydrogen) atoms. The number of anilines is 2. The second kappa shape index (κ2) is 5.30. The van der Waals surface area contributed by atoms with E-state index in [0.717, 1.165) is 11.3 Å². The van der Waals surface area contributed by atoms with E-state index in [1.165, 1.54) is 6.07 Å². The Kier molecular flexibility index (Phi) is 3.71. The number of nitrogens with two attached hydrogens (primary N) is 1. The van der Waals surface area contributed by atoms with Gasteiger partial charge in [0.2, 0.25) is 0 Å². The Bertz CT molecular complexity index is 694. The van der Waals surface area contributed by atoms with Gasteiger partial charge in [-0.3, -0.25) is 4.79 Å². The highest BCUT2D eigenvalue weighted by Crippen LogP contribution is 2.22. The van der Waals surface area contributed by atoms with Crippen molar-refractivity contribution in [3.05, 3.63) is 39.9 Å². The Morgan fingerprint density at radius 3 is 2.60 bits per heavy atom. The number of aromatic nitrogens is 1. The normalized spacial score (nSPS) is 10.3. The van der Waals surface area contributed by atoms with Gasteiger partial charge < -0.3 is 16.2 Å². The molecule has 104 valence electrons. The van der Waals surface area contributed by atoms with Gasteiger partial charge in [0.05, 0.1) is 11.3 Å². The number of carbonyl (C=O) groups is 2. The van der Waals surface area contributed by atoms with Crippen LogP contribution < -0.4 is 11.1 Å². The zero-order valence-corrected chi connectivity index (χ0v) is 11.7. The highest BCUT2D eigenvalue weighted by Gasteiger charge is 2.15. The maximum Gasteiger partial charge on any atom is 0.336 e. The van der Waals surface area contributed by atoms with Gasteiger partial charge in [-0.25, -0.2) is 9.78 Å². The number of carbonyl (C=O) groups excluding carboxylic acids is 1. The molecule has 0 aliphatic heterocycles. The molecule has 1 amide bonds. The zero-order chi connectivity index (χ0) is 14.9. The minimum Gasteiger partial charge on any atom is -0.478 e. The summed E-state index contributed by atoms with van der Waals surface area (Å²) < 4.78 is 0. The van der Waals surface area contributed by atoms with E-state index in [4.69, 9.17) is 10.8 Å². The monoisotopic (exact) mass is 291 g/mol. The molecule has 6 nitrogen and oxygen atoms in total. The highest BCUT2D eigenvalue weighted by atomic mass is 32.1. The van der Waals surface area contributed by atoms with Gasteiger partial charge in [-0.2, -0.15) is 0 Å². The van der Waals surface area contributed by atoms with Crippen molar-refractivity contribution in [3.63, 3.8) is 0 Å². The number of aryl methyl sites for hydroxylation is 2.